The zero-order valence-corrected chi connectivity index (χ0v) is 32.9. The van der Waals surface area contributed by atoms with Crippen molar-refractivity contribution in [1.82, 2.24) is 4.98 Å². The number of fused-ring (bicyclic) bond motifs is 3. The first-order chi connectivity index (χ1) is 28.6. The van der Waals surface area contributed by atoms with Crippen LogP contribution in [0.1, 0.15) is 31.7 Å². The fourth-order valence-corrected chi connectivity index (χ4v) is 9.21. The lowest BCUT2D eigenvalue weighted by atomic mass is 9.84. The number of benzene rings is 8. The molecule has 0 radical (unpaired) electrons. The molecule has 58 heavy (non-hydrogen) atoms. The minimum atomic E-state index is 0.0760. The highest BCUT2D eigenvalue weighted by molar-refractivity contribution is 6.07. The molecular formula is C56H44N2. The Morgan fingerprint density at radius 1 is 0.466 bits per heavy atom. The summed E-state index contributed by atoms with van der Waals surface area (Å²) in [5.74, 6) is 0.536. The smallest absolute Gasteiger partial charge is 0.0726 e. The minimum absolute atomic E-state index is 0.0760. The lowest BCUT2D eigenvalue weighted by Gasteiger charge is -2.26. The van der Waals surface area contributed by atoms with E-state index in [1.54, 1.807) is 0 Å². The summed E-state index contributed by atoms with van der Waals surface area (Å²) in [6.45, 7) is 4.73. The van der Waals surface area contributed by atoms with Gasteiger partial charge in [0.25, 0.3) is 0 Å². The summed E-state index contributed by atoms with van der Waals surface area (Å²) in [5.41, 5.74) is 13.4. The van der Waals surface area contributed by atoms with E-state index in [9.17, 15) is 0 Å². The number of rotatable bonds is 7. The maximum Gasteiger partial charge on any atom is 0.0726 e. The fraction of sp³-hybridized carbons (Fsp3) is 0.107. The Bertz CT molecular complexity index is 3060. The first-order valence-electron chi connectivity index (χ1n) is 20.5. The molecule has 9 aromatic rings. The summed E-state index contributed by atoms with van der Waals surface area (Å²) < 4.78 is 0. The van der Waals surface area contributed by atoms with Crippen molar-refractivity contribution >= 4 is 27.6 Å². The zero-order valence-electron chi connectivity index (χ0n) is 32.9. The van der Waals surface area contributed by atoms with Crippen LogP contribution in [0.4, 0.5) is 0 Å². The normalized spacial score (nSPS) is 15.6. The van der Waals surface area contributed by atoms with Crippen molar-refractivity contribution in [2.24, 2.45) is 10.9 Å². The Morgan fingerprint density at radius 2 is 1.00 bits per heavy atom. The first kappa shape index (κ1) is 35.5. The molecule has 0 aliphatic carbocycles. The van der Waals surface area contributed by atoms with Crippen LogP contribution in [-0.2, 0) is 0 Å². The van der Waals surface area contributed by atoms with Gasteiger partial charge in [0, 0.05) is 23.9 Å². The third-order valence-electron chi connectivity index (χ3n) is 12.2. The van der Waals surface area contributed by atoms with E-state index >= 15 is 0 Å². The van der Waals surface area contributed by atoms with Gasteiger partial charge in [0.05, 0.1) is 11.4 Å². The molecule has 10 rings (SSSR count). The van der Waals surface area contributed by atoms with Crippen LogP contribution in [0.25, 0.3) is 83.3 Å². The molecule has 1 aliphatic heterocycles. The van der Waals surface area contributed by atoms with Crippen LogP contribution in [0, 0.1) is 5.92 Å². The summed E-state index contributed by atoms with van der Waals surface area (Å²) >= 11 is 0. The van der Waals surface area contributed by atoms with Gasteiger partial charge in [0.1, 0.15) is 0 Å². The van der Waals surface area contributed by atoms with E-state index < -0.39 is 0 Å². The van der Waals surface area contributed by atoms with Crippen molar-refractivity contribution in [1.29, 1.82) is 0 Å². The highest BCUT2D eigenvalue weighted by Crippen LogP contribution is 2.39. The van der Waals surface area contributed by atoms with E-state index in [1.165, 1.54) is 82.4 Å². The molecule has 1 aromatic heterocycles. The largest absolute Gasteiger partial charge is 0.280 e. The molecule has 0 saturated heterocycles. The summed E-state index contributed by atoms with van der Waals surface area (Å²) in [4.78, 5) is 10.3. The number of hydrogen-bond donors (Lipinski definition) is 0. The molecule has 8 aromatic carbocycles. The molecule has 0 spiro atoms. The van der Waals surface area contributed by atoms with Crippen molar-refractivity contribution < 1.29 is 0 Å². The third kappa shape index (κ3) is 6.51. The Labute approximate surface area is 340 Å². The maximum absolute atomic E-state index is 5.87. The molecule has 2 nitrogen and oxygen atoms in total. The quantitative estimate of drug-likeness (QED) is 0.160. The van der Waals surface area contributed by atoms with Gasteiger partial charge in [0.2, 0.25) is 0 Å². The van der Waals surface area contributed by atoms with Gasteiger partial charge in [-0.15, -0.1) is 0 Å². The van der Waals surface area contributed by atoms with Crippen LogP contribution in [0.5, 0.6) is 0 Å². The maximum atomic E-state index is 5.87. The molecule has 3 atom stereocenters. The van der Waals surface area contributed by atoms with Crippen LogP contribution >= 0.6 is 0 Å². The standard InChI is InChI=1S/C56H44N2/c1-37-26-27-43-34-45(48-29-28-46(39-15-5-3-6-16-39)49-22-9-10-24-51(48)49)35-54(53-31-30-47(40-17-7-4-8-18-40)50-23-11-12-25-52(50)53)56(43)58-55(37)38(2)41-19-13-20-42(33-41)44-21-14-32-57-36-44/h3-25,27-38,55H,26H2,1-2H3. The van der Waals surface area contributed by atoms with Crippen LogP contribution in [0.2, 0.25) is 0 Å². The summed E-state index contributed by atoms with van der Waals surface area (Å²) in [6, 6.07) is 66.5. The van der Waals surface area contributed by atoms with Gasteiger partial charge in [-0.2, -0.15) is 0 Å². The second kappa shape index (κ2) is 15.2. The lowest BCUT2D eigenvalue weighted by molar-refractivity contribution is 0.413. The highest BCUT2D eigenvalue weighted by Gasteiger charge is 2.27. The summed E-state index contributed by atoms with van der Waals surface area (Å²) in [7, 11) is 0. The Kier molecular flexibility index (Phi) is 9.31. The third-order valence-corrected chi connectivity index (χ3v) is 12.2. The molecule has 2 heteroatoms. The number of pyridine rings is 1. The summed E-state index contributed by atoms with van der Waals surface area (Å²) in [6.07, 6.45) is 7.18. The Hall–Kier alpha value is -6.90. The number of hydrogen-bond acceptors (Lipinski definition) is 2. The molecule has 1 aliphatic rings. The number of aromatic nitrogens is 1. The average Bonchev–Trinajstić information content (AvgIpc) is 3.47. The van der Waals surface area contributed by atoms with Crippen molar-refractivity contribution in [2.75, 3.05) is 0 Å². The molecule has 0 amide bonds. The van der Waals surface area contributed by atoms with Gasteiger partial charge in [-0.05, 0) is 113 Å². The Balaban J connectivity index is 1.20. The SMILES string of the molecule is CC1CC=c2cc(-c3ccc(-c4ccccc4)c4ccccc34)cc(-c3ccc(-c4ccccc4)c4ccccc34)c2=NC1C(C)c1cccc(-c2cccnc2)c1. The van der Waals surface area contributed by atoms with Gasteiger partial charge < -0.3 is 0 Å². The highest BCUT2D eigenvalue weighted by atomic mass is 14.8. The molecule has 0 fully saturated rings. The van der Waals surface area contributed by atoms with Gasteiger partial charge >= 0.3 is 0 Å². The van der Waals surface area contributed by atoms with Gasteiger partial charge in [-0.3, -0.25) is 9.98 Å². The van der Waals surface area contributed by atoms with Gasteiger partial charge in [0.15, 0.2) is 0 Å². The van der Waals surface area contributed by atoms with E-state index in [-0.39, 0.29) is 12.0 Å². The molecule has 2 heterocycles. The molecular weight excluding hydrogens is 701 g/mol. The predicted molar refractivity (Wildman–Crippen MR) is 244 cm³/mol. The molecule has 0 saturated carbocycles. The van der Waals surface area contributed by atoms with Crippen molar-refractivity contribution in [2.45, 2.75) is 32.2 Å². The topological polar surface area (TPSA) is 25.2 Å². The van der Waals surface area contributed by atoms with E-state index in [1.807, 2.05) is 18.5 Å². The monoisotopic (exact) mass is 744 g/mol. The second-order valence-corrected chi connectivity index (χ2v) is 15.8. The molecule has 0 N–H and O–H groups in total. The fourth-order valence-electron chi connectivity index (χ4n) is 9.21. The average molecular weight is 745 g/mol. The zero-order chi connectivity index (χ0) is 39.0. The lowest BCUT2D eigenvalue weighted by Crippen LogP contribution is -2.30. The number of nitrogens with zero attached hydrogens (tertiary/aromatic N) is 2. The van der Waals surface area contributed by atoms with Crippen LogP contribution in [0.3, 0.4) is 0 Å². The van der Waals surface area contributed by atoms with Gasteiger partial charge in [-0.25, -0.2) is 0 Å². The summed E-state index contributed by atoms with van der Waals surface area (Å²) in [5, 5.41) is 7.25. The molecule has 278 valence electrons. The molecule has 3 unspecified atom stereocenters. The van der Waals surface area contributed by atoms with E-state index in [4.69, 9.17) is 4.99 Å². The van der Waals surface area contributed by atoms with Crippen LogP contribution in [0.15, 0.2) is 199 Å². The van der Waals surface area contributed by atoms with Crippen LogP contribution < -0.4 is 10.6 Å². The molecule has 0 bridgehead atoms. The van der Waals surface area contributed by atoms with Crippen molar-refractivity contribution in [3.05, 3.63) is 211 Å². The van der Waals surface area contributed by atoms with Crippen molar-refractivity contribution in [3.63, 3.8) is 0 Å². The minimum Gasteiger partial charge on any atom is -0.280 e. The van der Waals surface area contributed by atoms with Gasteiger partial charge in [-0.1, -0.05) is 184 Å². The second-order valence-electron chi connectivity index (χ2n) is 15.8. The first-order valence-corrected chi connectivity index (χ1v) is 20.5. The van der Waals surface area contributed by atoms with E-state index in [0.29, 0.717) is 5.92 Å². The van der Waals surface area contributed by atoms with Crippen molar-refractivity contribution in [3.8, 4) is 55.6 Å². The Morgan fingerprint density at radius 3 is 1.60 bits per heavy atom. The van der Waals surface area contributed by atoms with Crippen LogP contribution in [-0.4, -0.2) is 11.0 Å². The van der Waals surface area contributed by atoms with E-state index in [2.05, 4.69) is 201 Å². The van der Waals surface area contributed by atoms with E-state index in [0.717, 1.165) is 17.3 Å². The predicted octanol–water partition coefficient (Wildman–Crippen LogP) is 13.3.